The minimum Gasteiger partial charge on any atom is -0.389 e. The molecule has 14 heavy (non-hydrogen) atoms. The van der Waals surface area contributed by atoms with Crippen molar-refractivity contribution in [3.63, 3.8) is 0 Å². The maximum absolute atomic E-state index is 13.1. The first-order chi connectivity index (χ1) is 6.59. The lowest BCUT2D eigenvalue weighted by molar-refractivity contribution is -0.137. The molecule has 0 amide bonds. The number of rotatable bonds is 0. The fourth-order valence-corrected chi connectivity index (χ4v) is 1.49. The average molecular weight is 194 g/mol. The van der Waals surface area contributed by atoms with Crippen LogP contribution in [0.4, 0.5) is 4.39 Å². The quantitative estimate of drug-likeness (QED) is 0.462. The molecule has 4 heteroatoms. The smallest absolute Gasteiger partial charge is 0.346 e. The van der Waals surface area contributed by atoms with Crippen molar-refractivity contribution in [2.45, 2.75) is 13.3 Å². The molecule has 1 aliphatic rings. The first kappa shape index (κ1) is 8.87. The molecule has 1 aromatic rings. The monoisotopic (exact) mass is 194 g/mol. The molecular weight excluding hydrogens is 187 g/mol. The van der Waals surface area contributed by atoms with E-state index in [0.717, 1.165) is 0 Å². The molecule has 0 N–H and O–H groups in total. The van der Waals surface area contributed by atoms with Crippen molar-refractivity contribution in [2.24, 2.45) is 0 Å². The molecule has 2 rings (SSSR count). The minimum absolute atomic E-state index is 0.0370. The molecule has 0 unspecified atom stereocenters. The lowest BCUT2D eigenvalue weighted by Gasteiger charge is -2.16. The molecule has 72 valence electrons. The molecule has 1 aliphatic heterocycles. The largest absolute Gasteiger partial charge is 0.389 e. The van der Waals surface area contributed by atoms with Crippen molar-refractivity contribution < 1.29 is 18.7 Å². The number of ether oxygens (including phenoxy) is 1. The third-order valence-corrected chi connectivity index (χ3v) is 2.28. The molecule has 0 atom stereocenters. The van der Waals surface area contributed by atoms with Gasteiger partial charge in [-0.25, -0.2) is 9.18 Å². The van der Waals surface area contributed by atoms with E-state index in [-0.39, 0.29) is 12.0 Å². The van der Waals surface area contributed by atoms with Gasteiger partial charge in [0.1, 0.15) is 5.82 Å². The number of benzene rings is 1. The number of carbonyl (C=O) groups excluding carboxylic acids is 2. The van der Waals surface area contributed by atoms with E-state index >= 15 is 0 Å². The van der Waals surface area contributed by atoms with Gasteiger partial charge in [-0.2, -0.15) is 0 Å². The third kappa shape index (κ3) is 1.19. The summed E-state index contributed by atoms with van der Waals surface area (Å²) < 4.78 is 17.5. The van der Waals surface area contributed by atoms with Crippen LogP contribution in [0.25, 0.3) is 0 Å². The van der Waals surface area contributed by atoms with Crippen LogP contribution in [-0.4, -0.2) is 11.9 Å². The number of esters is 2. The Morgan fingerprint density at radius 2 is 2.07 bits per heavy atom. The predicted octanol–water partition coefficient (Wildman–Crippen LogP) is 1.37. The van der Waals surface area contributed by atoms with Gasteiger partial charge >= 0.3 is 11.9 Å². The van der Waals surface area contributed by atoms with Crippen LogP contribution < -0.4 is 0 Å². The fourth-order valence-electron chi connectivity index (χ4n) is 1.49. The molecule has 0 spiro atoms. The zero-order valence-electron chi connectivity index (χ0n) is 7.46. The molecule has 0 fully saturated rings. The fraction of sp³-hybridized carbons (Fsp3) is 0.200. The number of cyclic esters (lactones) is 2. The van der Waals surface area contributed by atoms with Gasteiger partial charge in [-0.1, -0.05) is 0 Å². The Bertz CT molecular complexity index is 437. The van der Waals surface area contributed by atoms with E-state index in [1.165, 1.54) is 12.1 Å². The molecule has 0 bridgehead atoms. The summed E-state index contributed by atoms with van der Waals surface area (Å²) in [5.74, 6) is -1.73. The van der Waals surface area contributed by atoms with E-state index in [1.807, 2.05) is 0 Å². The first-order valence-corrected chi connectivity index (χ1v) is 4.12. The van der Waals surface area contributed by atoms with Gasteiger partial charge in [-0.15, -0.1) is 0 Å². The predicted molar refractivity (Wildman–Crippen MR) is 45.3 cm³/mol. The Balaban J connectivity index is 2.65. The van der Waals surface area contributed by atoms with Crippen LogP contribution in [0, 0.1) is 12.7 Å². The van der Waals surface area contributed by atoms with Crippen molar-refractivity contribution in [1.29, 1.82) is 0 Å². The number of halogens is 1. The maximum atomic E-state index is 13.1. The van der Waals surface area contributed by atoms with Crippen LogP contribution in [0.3, 0.4) is 0 Å². The van der Waals surface area contributed by atoms with E-state index in [2.05, 4.69) is 4.74 Å². The molecule has 1 aromatic carbocycles. The third-order valence-electron chi connectivity index (χ3n) is 2.28. The second-order valence-electron chi connectivity index (χ2n) is 3.14. The summed E-state index contributed by atoms with van der Waals surface area (Å²) in [4.78, 5) is 22.1. The molecular formula is C10H7FO3. The van der Waals surface area contributed by atoms with Gasteiger partial charge < -0.3 is 4.74 Å². The summed E-state index contributed by atoms with van der Waals surface area (Å²) in [5.41, 5.74) is 1.06. The Morgan fingerprint density at radius 1 is 1.36 bits per heavy atom. The van der Waals surface area contributed by atoms with Crippen molar-refractivity contribution in [3.8, 4) is 0 Å². The second kappa shape index (κ2) is 2.90. The minimum atomic E-state index is -0.695. The summed E-state index contributed by atoms with van der Waals surface area (Å²) in [6.45, 7) is 1.54. The zero-order valence-corrected chi connectivity index (χ0v) is 7.46. The molecule has 0 saturated heterocycles. The van der Waals surface area contributed by atoms with Gasteiger partial charge in [0.15, 0.2) is 0 Å². The van der Waals surface area contributed by atoms with Gasteiger partial charge in [0.25, 0.3) is 0 Å². The second-order valence-corrected chi connectivity index (χ2v) is 3.14. The van der Waals surface area contributed by atoms with Gasteiger partial charge in [0.05, 0.1) is 12.0 Å². The molecule has 3 nitrogen and oxygen atoms in total. The van der Waals surface area contributed by atoms with Gasteiger partial charge in [-0.3, -0.25) is 4.79 Å². The van der Waals surface area contributed by atoms with Crippen LogP contribution in [-0.2, 0) is 16.0 Å². The number of hydrogen-bond donors (Lipinski definition) is 0. The van der Waals surface area contributed by atoms with Crippen LogP contribution in [0.1, 0.15) is 21.5 Å². The number of hydrogen-bond acceptors (Lipinski definition) is 3. The topological polar surface area (TPSA) is 43.4 Å². The standard InChI is InChI=1S/C10H7FO3/c1-5-7-4-9(12)14-10(13)6(7)2-3-8(5)11/h2-3H,4H2,1H3. The van der Waals surface area contributed by atoms with Gasteiger partial charge in [-0.05, 0) is 30.2 Å². The van der Waals surface area contributed by atoms with Crippen molar-refractivity contribution in [3.05, 3.63) is 34.6 Å². The van der Waals surface area contributed by atoms with Crippen LogP contribution in [0.2, 0.25) is 0 Å². The SMILES string of the molecule is Cc1c(F)ccc2c1CC(=O)OC2=O. The molecule has 0 aliphatic carbocycles. The highest BCUT2D eigenvalue weighted by Crippen LogP contribution is 2.22. The van der Waals surface area contributed by atoms with Gasteiger partial charge in [0.2, 0.25) is 0 Å². The van der Waals surface area contributed by atoms with Crippen LogP contribution >= 0.6 is 0 Å². The average Bonchev–Trinajstić information content (AvgIpc) is 2.12. The van der Waals surface area contributed by atoms with Gasteiger partial charge in [0, 0.05) is 0 Å². The van der Waals surface area contributed by atoms with E-state index in [1.54, 1.807) is 6.92 Å². The summed E-state index contributed by atoms with van der Waals surface area (Å²) in [6.07, 6.45) is -0.0370. The molecule has 1 heterocycles. The Kier molecular flexibility index (Phi) is 1.84. The van der Waals surface area contributed by atoms with E-state index in [0.29, 0.717) is 11.1 Å². The lowest BCUT2D eigenvalue weighted by Crippen LogP contribution is -2.24. The Labute approximate surface area is 79.5 Å². The summed E-state index contributed by atoms with van der Waals surface area (Å²) >= 11 is 0. The van der Waals surface area contributed by atoms with E-state index in [9.17, 15) is 14.0 Å². The van der Waals surface area contributed by atoms with Crippen molar-refractivity contribution >= 4 is 11.9 Å². The first-order valence-electron chi connectivity index (χ1n) is 4.12. The van der Waals surface area contributed by atoms with Crippen molar-refractivity contribution in [1.82, 2.24) is 0 Å². The maximum Gasteiger partial charge on any atom is 0.346 e. The zero-order chi connectivity index (χ0) is 10.3. The number of fused-ring (bicyclic) bond motifs is 1. The van der Waals surface area contributed by atoms with E-state index < -0.39 is 17.8 Å². The number of carbonyl (C=O) groups is 2. The van der Waals surface area contributed by atoms with Crippen LogP contribution in [0.15, 0.2) is 12.1 Å². The normalized spacial score (nSPS) is 15.0. The Morgan fingerprint density at radius 3 is 2.79 bits per heavy atom. The highest BCUT2D eigenvalue weighted by molar-refractivity contribution is 6.02. The summed E-state index contributed by atoms with van der Waals surface area (Å²) in [5, 5.41) is 0. The molecule has 0 saturated carbocycles. The highest BCUT2D eigenvalue weighted by atomic mass is 19.1. The van der Waals surface area contributed by atoms with Crippen molar-refractivity contribution in [2.75, 3.05) is 0 Å². The van der Waals surface area contributed by atoms with E-state index in [4.69, 9.17) is 0 Å². The summed E-state index contributed by atoms with van der Waals surface area (Å²) in [7, 11) is 0. The highest BCUT2D eigenvalue weighted by Gasteiger charge is 2.26. The summed E-state index contributed by atoms with van der Waals surface area (Å²) in [6, 6.07) is 2.54. The lowest BCUT2D eigenvalue weighted by atomic mass is 9.97. The molecule has 0 radical (unpaired) electrons. The van der Waals surface area contributed by atoms with Crippen LogP contribution in [0.5, 0.6) is 0 Å². The Hall–Kier alpha value is -1.71. The molecule has 0 aromatic heterocycles.